The van der Waals surface area contributed by atoms with Crippen molar-refractivity contribution in [2.45, 2.75) is 25.0 Å². The van der Waals surface area contributed by atoms with E-state index in [0.29, 0.717) is 17.3 Å². The van der Waals surface area contributed by atoms with E-state index in [4.69, 9.17) is 9.84 Å². The van der Waals surface area contributed by atoms with E-state index in [9.17, 15) is 4.79 Å². The van der Waals surface area contributed by atoms with Gasteiger partial charge in [-0.3, -0.25) is 0 Å². The van der Waals surface area contributed by atoms with E-state index in [0.717, 1.165) is 12.8 Å². The van der Waals surface area contributed by atoms with Crippen LogP contribution in [0.15, 0.2) is 5.38 Å². The lowest BCUT2D eigenvalue weighted by molar-refractivity contribution is 0.0328. The van der Waals surface area contributed by atoms with Gasteiger partial charge < -0.3 is 15.2 Å². The molecule has 1 aliphatic rings. The maximum Gasteiger partial charge on any atom is 0.355 e. The van der Waals surface area contributed by atoms with Crippen molar-refractivity contribution in [2.75, 3.05) is 12.4 Å². The van der Waals surface area contributed by atoms with Crippen molar-refractivity contribution in [3.8, 4) is 0 Å². The predicted molar refractivity (Wildman–Crippen MR) is 56.5 cm³/mol. The summed E-state index contributed by atoms with van der Waals surface area (Å²) in [5, 5.41) is 14.1. The molecule has 1 aliphatic carbocycles. The van der Waals surface area contributed by atoms with Crippen LogP contribution >= 0.6 is 11.3 Å². The maximum absolute atomic E-state index is 10.6. The van der Waals surface area contributed by atoms with Gasteiger partial charge in [0.15, 0.2) is 10.8 Å². The average molecular weight is 228 g/mol. The Kier molecular flexibility index (Phi) is 2.88. The van der Waals surface area contributed by atoms with Crippen LogP contribution < -0.4 is 5.32 Å². The molecule has 0 unspecified atom stereocenters. The van der Waals surface area contributed by atoms with Gasteiger partial charge in [-0.2, -0.15) is 0 Å². The SMILES string of the molecule is COC1CC(Nc2nc(C(=O)O)cs2)C1. The Labute approximate surface area is 91.1 Å². The van der Waals surface area contributed by atoms with Crippen LogP contribution in [-0.4, -0.2) is 35.3 Å². The number of aromatic carboxylic acids is 1. The highest BCUT2D eigenvalue weighted by Crippen LogP contribution is 2.27. The van der Waals surface area contributed by atoms with E-state index in [2.05, 4.69) is 10.3 Å². The molecule has 0 spiro atoms. The molecule has 0 radical (unpaired) electrons. The van der Waals surface area contributed by atoms with Crippen LogP contribution in [0.4, 0.5) is 5.13 Å². The first-order valence-electron chi connectivity index (χ1n) is 4.67. The zero-order chi connectivity index (χ0) is 10.8. The number of thiazole rings is 1. The highest BCUT2D eigenvalue weighted by molar-refractivity contribution is 7.13. The first-order valence-corrected chi connectivity index (χ1v) is 5.55. The van der Waals surface area contributed by atoms with Gasteiger partial charge in [-0.25, -0.2) is 9.78 Å². The Bertz CT molecular complexity index is 360. The fourth-order valence-electron chi connectivity index (χ4n) is 1.49. The number of anilines is 1. The Morgan fingerprint density at radius 3 is 3.00 bits per heavy atom. The largest absolute Gasteiger partial charge is 0.476 e. The monoisotopic (exact) mass is 228 g/mol. The standard InChI is InChI=1S/C9H12N2O3S/c1-14-6-2-5(3-6)10-9-11-7(4-15-9)8(12)13/h4-6H,2-3H2,1H3,(H,10,11)(H,12,13). The molecule has 0 aliphatic heterocycles. The third-order valence-corrected chi connectivity index (χ3v) is 3.25. The smallest absolute Gasteiger partial charge is 0.355 e. The second-order valence-corrected chi connectivity index (χ2v) is 4.37. The van der Waals surface area contributed by atoms with Gasteiger partial charge >= 0.3 is 5.97 Å². The molecule has 1 aromatic heterocycles. The Morgan fingerprint density at radius 1 is 1.73 bits per heavy atom. The minimum atomic E-state index is -0.984. The van der Waals surface area contributed by atoms with Crippen molar-refractivity contribution < 1.29 is 14.6 Å². The number of nitrogens with zero attached hydrogens (tertiary/aromatic N) is 1. The van der Waals surface area contributed by atoms with Crippen molar-refractivity contribution in [3.63, 3.8) is 0 Å². The van der Waals surface area contributed by atoms with Gasteiger partial charge in [0.2, 0.25) is 0 Å². The lowest BCUT2D eigenvalue weighted by Gasteiger charge is -2.34. The van der Waals surface area contributed by atoms with Crippen LogP contribution in [0.1, 0.15) is 23.3 Å². The van der Waals surface area contributed by atoms with Crippen LogP contribution in [0, 0.1) is 0 Å². The van der Waals surface area contributed by atoms with Gasteiger partial charge in [0.25, 0.3) is 0 Å². The third-order valence-electron chi connectivity index (χ3n) is 2.48. The molecule has 82 valence electrons. The molecule has 1 aromatic rings. The number of nitrogens with one attached hydrogen (secondary N) is 1. The van der Waals surface area contributed by atoms with Crippen LogP contribution in [0.2, 0.25) is 0 Å². The molecule has 15 heavy (non-hydrogen) atoms. The molecular weight excluding hydrogens is 216 g/mol. The average Bonchev–Trinajstić information content (AvgIpc) is 2.58. The number of carbonyl (C=O) groups is 1. The van der Waals surface area contributed by atoms with Crippen molar-refractivity contribution in [1.29, 1.82) is 0 Å². The summed E-state index contributed by atoms with van der Waals surface area (Å²) in [6.45, 7) is 0. The second-order valence-electron chi connectivity index (χ2n) is 3.51. The number of hydrogen-bond acceptors (Lipinski definition) is 5. The number of carboxylic acids is 1. The molecule has 2 N–H and O–H groups in total. The second kappa shape index (κ2) is 4.16. The molecule has 1 heterocycles. The molecule has 1 saturated carbocycles. The van der Waals surface area contributed by atoms with Gasteiger partial charge in [0.1, 0.15) is 0 Å². The van der Waals surface area contributed by atoms with Gasteiger partial charge in [-0.15, -0.1) is 11.3 Å². The van der Waals surface area contributed by atoms with Gasteiger partial charge in [0, 0.05) is 18.5 Å². The fraction of sp³-hybridized carbons (Fsp3) is 0.556. The molecule has 0 aromatic carbocycles. The van der Waals surface area contributed by atoms with E-state index >= 15 is 0 Å². The summed E-state index contributed by atoms with van der Waals surface area (Å²) in [4.78, 5) is 14.5. The lowest BCUT2D eigenvalue weighted by atomic mass is 9.89. The van der Waals surface area contributed by atoms with E-state index in [1.165, 1.54) is 16.7 Å². The van der Waals surface area contributed by atoms with Crippen molar-refractivity contribution >= 4 is 22.4 Å². The summed E-state index contributed by atoms with van der Waals surface area (Å²) in [6, 6.07) is 0.364. The van der Waals surface area contributed by atoms with Crippen LogP contribution in [-0.2, 0) is 4.74 Å². The highest BCUT2D eigenvalue weighted by atomic mass is 32.1. The summed E-state index contributed by atoms with van der Waals surface area (Å²) in [6.07, 6.45) is 2.25. The van der Waals surface area contributed by atoms with Crippen molar-refractivity contribution in [2.24, 2.45) is 0 Å². The van der Waals surface area contributed by atoms with E-state index in [1.807, 2.05) is 0 Å². The minimum Gasteiger partial charge on any atom is -0.476 e. The number of hydrogen-bond donors (Lipinski definition) is 2. The molecule has 0 atom stereocenters. The van der Waals surface area contributed by atoms with E-state index in [-0.39, 0.29) is 5.69 Å². The Morgan fingerprint density at radius 2 is 2.47 bits per heavy atom. The number of aromatic nitrogens is 1. The number of carboxylic acid groups (broad SMARTS) is 1. The number of rotatable bonds is 4. The summed E-state index contributed by atoms with van der Waals surface area (Å²) in [5.74, 6) is -0.984. The number of methoxy groups -OCH3 is 1. The quantitative estimate of drug-likeness (QED) is 0.815. The molecule has 0 amide bonds. The minimum absolute atomic E-state index is 0.102. The molecule has 5 nitrogen and oxygen atoms in total. The Hall–Kier alpha value is -1.14. The molecule has 0 saturated heterocycles. The van der Waals surface area contributed by atoms with Crippen LogP contribution in [0.25, 0.3) is 0 Å². The van der Waals surface area contributed by atoms with Crippen LogP contribution in [0.5, 0.6) is 0 Å². The first kappa shape index (κ1) is 10.4. The summed E-state index contributed by atoms with van der Waals surface area (Å²) < 4.78 is 5.15. The molecule has 1 fully saturated rings. The molecule has 2 rings (SSSR count). The Balaban J connectivity index is 1.87. The highest BCUT2D eigenvalue weighted by Gasteiger charge is 2.29. The van der Waals surface area contributed by atoms with E-state index in [1.54, 1.807) is 7.11 Å². The molecular formula is C9H12N2O3S. The fourth-order valence-corrected chi connectivity index (χ4v) is 2.25. The van der Waals surface area contributed by atoms with Gasteiger partial charge in [0.05, 0.1) is 6.10 Å². The summed E-state index contributed by atoms with van der Waals surface area (Å²) in [5.41, 5.74) is 0.102. The summed E-state index contributed by atoms with van der Waals surface area (Å²) in [7, 11) is 1.70. The topological polar surface area (TPSA) is 71.5 Å². The predicted octanol–water partition coefficient (Wildman–Crippen LogP) is 1.43. The first-order chi connectivity index (χ1) is 7.19. The van der Waals surface area contributed by atoms with Gasteiger partial charge in [-0.1, -0.05) is 0 Å². The normalized spacial score (nSPS) is 24.6. The van der Waals surface area contributed by atoms with Crippen molar-refractivity contribution in [3.05, 3.63) is 11.1 Å². The maximum atomic E-state index is 10.6. The van der Waals surface area contributed by atoms with Crippen molar-refractivity contribution in [1.82, 2.24) is 4.98 Å². The molecule has 6 heteroatoms. The van der Waals surface area contributed by atoms with Crippen LogP contribution in [0.3, 0.4) is 0 Å². The zero-order valence-electron chi connectivity index (χ0n) is 8.27. The summed E-state index contributed by atoms with van der Waals surface area (Å²) >= 11 is 1.32. The lowest BCUT2D eigenvalue weighted by Crippen LogP contribution is -2.40. The molecule has 0 bridgehead atoms. The van der Waals surface area contributed by atoms with Gasteiger partial charge in [-0.05, 0) is 12.8 Å². The zero-order valence-corrected chi connectivity index (χ0v) is 9.08. The number of ether oxygens (including phenoxy) is 1. The third kappa shape index (κ3) is 2.27. The van der Waals surface area contributed by atoms with E-state index < -0.39 is 5.97 Å².